The monoisotopic (exact) mass is 240 g/mol. The van der Waals surface area contributed by atoms with Gasteiger partial charge in [0.05, 0.1) is 5.51 Å². The zero-order valence-electron chi connectivity index (χ0n) is 8.43. The normalized spacial score (nSPS) is 10.7. The molecule has 2 aromatic heterocycles. The van der Waals surface area contributed by atoms with Crippen LogP contribution in [0.1, 0.15) is 11.4 Å². The Morgan fingerprint density at radius 1 is 1.40 bits per heavy atom. The molecule has 0 aromatic carbocycles. The molecule has 0 amide bonds. The molecule has 0 saturated carbocycles. The maximum Gasteiger partial charge on any atom is 0.167 e. The molecule has 2 aromatic rings. The van der Waals surface area contributed by atoms with Crippen molar-refractivity contribution in [3.63, 3.8) is 0 Å². The molecule has 0 spiro atoms. The van der Waals surface area contributed by atoms with Gasteiger partial charge in [0.2, 0.25) is 0 Å². The largest absolute Gasteiger partial charge is 0.320 e. The highest BCUT2D eigenvalue weighted by molar-refractivity contribution is 7.15. The van der Waals surface area contributed by atoms with Crippen LogP contribution in [0.4, 0.5) is 0 Å². The Bertz CT molecular complexity index is 396. The minimum absolute atomic E-state index is 0.927. The Morgan fingerprint density at radius 2 is 2.33 bits per heavy atom. The summed E-state index contributed by atoms with van der Waals surface area (Å²) in [5.74, 6) is 0. The third-order valence-electron chi connectivity index (χ3n) is 1.94. The molecular formula is C9H12N4S2. The van der Waals surface area contributed by atoms with Gasteiger partial charge in [-0.15, -0.1) is 21.5 Å². The maximum atomic E-state index is 4.21. The fraction of sp³-hybridized carbons (Fsp3) is 0.444. The van der Waals surface area contributed by atoms with Crippen LogP contribution in [0.5, 0.6) is 0 Å². The van der Waals surface area contributed by atoms with Gasteiger partial charge in [-0.2, -0.15) is 0 Å². The van der Waals surface area contributed by atoms with Gasteiger partial charge in [-0.3, -0.25) is 0 Å². The molecule has 0 fully saturated rings. The topological polar surface area (TPSA) is 50.7 Å². The van der Waals surface area contributed by atoms with Crippen LogP contribution in [0.15, 0.2) is 10.9 Å². The Hall–Kier alpha value is -0.850. The van der Waals surface area contributed by atoms with Crippen LogP contribution in [0, 0.1) is 0 Å². The summed E-state index contributed by atoms with van der Waals surface area (Å²) in [6.45, 7) is 1.02. The smallest absolute Gasteiger partial charge is 0.167 e. The standard InChI is InChI=1S/C9H12N4S2/c1-10-4-2-3-8-12-13-9(15-8)7-5-14-6-11-7/h5-6,10H,2-4H2,1H3. The molecule has 4 nitrogen and oxygen atoms in total. The number of nitrogens with zero attached hydrogens (tertiary/aromatic N) is 3. The van der Waals surface area contributed by atoms with Gasteiger partial charge in [0.1, 0.15) is 10.7 Å². The van der Waals surface area contributed by atoms with Crippen LogP contribution in [-0.2, 0) is 6.42 Å². The molecule has 0 aliphatic heterocycles. The van der Waals surface area contributed by atoms with E-state index in [9.17, 15) is 0 Å². The summed E-state index contributed by atoms with van der Waals surface area (Å²) in [7, 11) is 1.96. The van der Waals surface area contributed by atoms with E-state index < -0.39 is 0 Å². The zero-order valence-corrected chi connectivity index (χ0v) is 10.1. The predicted octanol–water partition coefficient (Wildman–Crippen LogP) is 1.81. The maximum absolute atomic E-state index is 4.21. The molecule has 2 heterocycles. The first-order valence-electron chi connectivity index (χ1n) is 4.75. The number of hydrogen-bond donors (Lipinski definition) is 1. The Kier molecular flexibility index (Phi) is 3.76. The molecule has 6 heteroatoms. The van der Waals surface area contributed by atoms with E-state index in [1.54, 1.807) is 22.7 Å². The van der Waals surface area contributed by atoms with E-state index in [2.05, 4.69) is 20.5 Å². The molecule has 0 saturated heterocycles. The highest BCUT2D eigenvalue weighted by Crippen LogP contribution is 2.23. The van der Waals surface area contributed by atoms with Gasteiger partial charge in [0.15, 0.2) is 5.01 Å². The van der Waals surface area contributed by atoms with Gasteiger partial charge in [-0.25, -0.2) is 4.98 Å². The number of thiazole rings is 1. The van der Waals surface area contributed by atoms with E-state index in [0.717, 1.165) is 35.1 Å². The number of nitrogens with one attached hydrogen (secondary N) is 1. The van der Waals surface area contributed by atoms with Gasteiger partial charge < -0.3 is 5.32 Å². The van der Waals surface area contributed by atoms with E-state index in [1.165, 1.54) is 0 Å². The average molecular weight is 240 g/mol. The number of aryl methyl sites for hydroxylation is 1. The number of aromatic nitrogens is 3. The van der Waals surface area contributed by atoms with Gasteiger partial charge in [0, 0.05) is 11.8 Å². The highest BCUT2D eigenvalue weighted by Gasteiger charge is 2.07. The fourth-order valence-corrected chi connectivity index (χ4v) is 2.65. The fourth-order valence-electron chi connectivity index (χ4n) is 1.19. The first-order chi connectivity index (χ1) is 7.40. The van der Waals surface area contributed by atoms with E-state index >= 15 is 0 Å². The average Bonchev–Trinajstić information content (AvgIpc) is 2.87. The van der Waals surface area contributed by atoms with Gasteiger partial charge >= 0.3 is 0 Å². The van der Waals surface area contributed by atoms with Crippen LogP contribution < -0.4 is 5.32 Å². The molecule has 0 atom stereocenters. The van der Waals surface area contributed by atoms with E-state index in [0.29, 0.717) is 0 Å². The Labute approximate surface area is 96.4 Å². The molecule has 0 aliphatic carbocycles. The minimum Gasteiger partial charge on any atom is -0.320 e. The van der Waals surface area contributed by atoms with Crippen molar-refractivity contribution < 1.29 is 0 Å². The third-order valence-corrected chi connectivity index (χ3v) is 3.53. The lowest BCUT2D eigenvalue weighted by Crippen LogP contribution is -2.08. The van der Waals surface area contributed by atoms with Crippen LogP contribution in [-0.4, -0.2) is 28.8 Å². The zero-order chi connectivity index (χ0) is 10.5. The summed E-state index contributed by atoms with van der Waals surface area (Å²) in [6.07, 6.45) is 2.09. The minimum atomic E-state index is 0.927. The highest BCUT2D eigenvalue weighted by atomic mass is 32.1. The summed E-state index contributed by atoms with van der Waals surface area (Å²) < 4.78 is 0. The van der Waals surface area contributed by atoms with Crippen LogP contribution in [0.25, 0.3) is 10.7 Å². The van der Waals surface area contributed by atoms with Gasteiger partial charge in [0.25, 0.3) is 0 Å². The third kappa shape index (κ3) is 2.80. The van der Waals surface area contributed by atoms with Gasteiger partial charge in [-0.05, 0) is 20.0 Å². The Morgan fingerprint density at radius 3 is 3.07 bits per heavy atom. The second-order valence-electron chi connectivity index (χ2n) is 3.08. The van der Waals surface area contributed by atoms with Gasteiger partial charge in [-0.1, -0.05) is 11.3 Å². The molecule has 0 aliphatic rings. The molecule has 80 valence electrons. The first kappa shape index (κ1) is 10.7. The van der Waals surface area contributed by atoms with Crippen molar-refractivity contribution in [3.05, 3.63) is 15.9 Å². The quantitative estimate of drug-likeness (QED) is 0.810. The van der Waals surface area contributed by atoms with Crippen molar-refractivity contribution in [2.45, 2.75) is 12.8 Å². The first-order valence-corrected chi connectivity index (χ1v) is 6.51. The molecule has 2 rings (SSSR count). The van der Waals surface area contributed by atoms with Crippen LogP contribution in [0.2, 0.25) is 0 Å². The summed E-state index contributed by atoms with van der Waals surface area (Å²) in [6, 6.07) is 0. The predicted molar refractivity (Wildman–Crippen MR) is 63.3 cm³/mol. The molecule has 0 unspecified atom stereocenters. The summed E-state index contributed by atoms with van der Waals surface area (Å²) in [5.41, 5.74) is 2.76. The van der Waals surface area contributed by atoms with Crippen molar-refractivity contribution in [1.29, 1.82) is 0 Å². The molecule has 15 heavy (non-hydrogen) atoms. The second-order valence-corrected chi connectivity index (χ2v) is 4.86. The van der Waals surface area contributed by atoms with Crippen molar-refractivity contribution in [2.75, 3.05) is 13.6 Å². The number of rotatable bonds is 5. The number of hydrogen-bond acceptors (Lipinski definition) is 6. The van der Waals surface area contributed by atoms with E-state index in [1.807, 2.05) is 17.9 Å². The van der Waals surface area contributed by atoms with E-state index in [4.69, 9.17) is 0 Å². The molecule has 0 bridgehead atoms. The van der Waals surface area contributed by atoms with E-state index in [-0.39, 0.29) is 0 Å². The van der Waals surface area contributed by atoms with Crippen molar-refractivity contribution in [3.8, 4) is 10.7 Å². The Balaban J connectivity index is 1.98. The lowest BCUT2D eigenvalue weighted by Gasteiger charge is -1.94. The molecular weight excluding hydrogens is 228 g/mol. The summed E-state index contributed by atoms with van der Waals surface area (Å²) >= 11 is 3.22. The SMILES string of the molecule is CNCCCc1nnc(-c2cscn2)s1. The molecule has 0 radical (unpaired) electrons. The summed E-state index contributed by atoms with van der Waals surface area (Å²) in [4.78, 5) is 4.21. The summed E-state index contributed by atoms with van der Waals surface area (Å²) in [5, 5.41) is 15.4. The van der Waals surface area contributed by atoms with Crippen LogP contribution >= 0.6 is 22.7 Å². The molecule has 1 N–H and O–H groups in total. The lowest BCUT2D eigenvalue weighted by molar-refractivity contribution is 0.718. The van der Waals surface area contributed by atoms with Crippen molar-refractivity contribution in [1.82, 2.24) is 20.5 Å². The van der Waals surface area contributed by atoms with Crippen molar-refractivity contribution in [2.24, 2.45) is 0 Å². The second kappa shape index (κ2) is 5.29. The lowest BCUT2D eigenvalue weighted by atomic mass is 10.3. The van der Waals surface area contributed by atoms with Crippen LogP contribution in [0.3, 0.4) is 0 Å². The van der Waals surface area contributed by atoms with Crippen molar-refractivity contribution >= 4 is 22.7 Å².